The average molecular weight is 450 g/mol. The summed E-state index contributed by atoms with van der Waals surface area (Å²) >= 11 is 0. The van der Waals surface area contributed by atoms with E-state index in [1.165, 1.54) is 5.57 Å². The van der Waals surface area contributed by atoms with Gasteiger partial charge in [-0.3, -0.25) is 4.79 Å². The van der Waals surface area contributed by atoms with Crippen molar-refractivity contribution < 1.29 is 19.1 Å². The van der Waals surface area contributed by atoms with Crippen LogP contribution in [0.15, 0.2) is 23.4 Å². The minimum atomic E-state index is -0.527. The predicted octanol–water partition coefficient (Wildman–Crippen LogP) is 5.12. The van der Waals surface area contributed by atoms with Crippen LogP contribution in [0.3, 0.4) is 0 Å². The van der Waals surface area contributed by atoms with Gasteiger partial charge in [-0.25, -0.2) is 4.85 Å². The predicted molar refractivity (Wildman–Crippen MR) is 123 cm³/mol. The van der Waals surface area contributed by atoms with Gasteiger partial charge in [0, 0.05) is 35.5 Å². The smallest absolute Gasteiger partial charge is 0.226 e. The quantitative estimate of drug-likeness (QED) is 0.482. The summed E-state index contributed by atoms with van der Waals surface area (Å²) in [5.74, 6) is 1.34. The first-order valence-corrected chi connectivity index (χ1v) is 12.9. The Labute approximate surface area is 196 Å². The highest BCUT2D eigenvalue weighted by Crippen LogP contribution is 2.68. The second kappa shape index (κ2) is 6.89. The number of Topliss-reactive ketones (excluding diaryl/α,β-unsaturated/α-hetero) is 1. The van der Waals surface area contributed by atoms with Crippen LogP contribution in [0.1, 0.15) is 66.2 Å². The van der Waals surface area contributed by atoms with Gasteiger partial charge in [-0.05, 0) is 55.4 Å². The first-order chi connectivity index (χ1) is 15.6. The van der Waals surface area contributed by atoms with Crippen molar-refractivity contribution in [3.8, 4) is 0 Å². The van der Waals surface area contributed by atoms with Crippen LogP contribution in [0.25, 0.3) is 4.85 Å². The Balaban J connectivity index is 1.38. The van der Waals surface area contributed by atoms with Gasteiger partial charge in [0.2, 0.25) is 5.70 Å². The van der Waals surface area contributed by atoms with Gasteiger partial charge in [0.25, 0.3) is 0 Å². The van der Waals surface area contributed by atoms with E-state index in [1.54, 1.807) is 0 Å². The van der Waals surface area contributed by atoms with E-state index in [1.807, 2.05) is 12.2 Å². The molecule has 6 aliphatic rings. The maximum Gasteiger partial charge on any atom is 0.226 e. The van der Waals surface area contributed by atoms with Gasteiger partial charge in [0.1, 0.15) is 0 Å². The van der Waals surface area contributed by atoms with E-state index >= 15 is 0 Å². The van der Waals surface area contributed by atoms with Crippen molar-refractivity contribution in [3.63, 3.8) is 0 Å². The minimum absolute atomic E-state index is 0.0387. The topological polar surface area (TPSA) is 57.0 Å². The monoisotopic (exact) mass is 449 g/mol. The molecule has 0 aromatic heterocycles. The third kappa shape index (κ3) is 2.66. The Morgan fingerprint density at radius 1 is 1.15 bits per heavy atom. The Bertz CT molecular complexity index is 1030. The maximum absolute atomic E-state index is 14.0. The highest BCUT2D eigenvalue weighted by Gasteiger charge is 2.70. The van der Waals surface area contributed by atoms with Gasteiger partial charge in [-0.15, -0.1) is 0 Å². The SMILES string of the molecule is [C-]#[N+]C1=C[C@]2(C)C3=CC(=O)[C@@]4(C)C(CC5O[C@]6(CCC(C)CO6)[C@@H](C)C54)C3CCC2CC1=O. The van der Waals surface area contributed by atoms with Crippen molar-refractivity contribution in [2.24, 2.45) is 46.3 Å². The molecule has 4 fully saturated rings. The van der Waals surface area contributed by atoms with Crippen molar-refractivity contribution in [1.29, 1.82) is 0 Å². The summed E-state index contributed by atoms with van der Waals surface area (Å²) < 4.78 is 13.1. The van der Waals surface area contributed by atoms with Gasteiger partial charge < -0.3 is 14.3 Å². The molecule has 0 aromatic carbocycles. The van der Waals surface area contributed by atoms with Crippen molar-refractivity contribution in [2.75, 3.05) is 6.61 Å². The summed E-state index contributed by atoms with van der Waals surface area (Å²) in [4.78, 5) is 29.9. The van der Waals surface area contributed by atoms with E-state index in [4.69, 9.17) is 16.0 Å². The van der Waals surface area contributed by atoms with Crippen LogP contribution in [0.5, 0.6) is 0 Å². The molecule has 6 rings (SSSR count). The highest BCUT2D eigenvalue weighted by atomic mass is 16.7. The molecule has 6 unspecified atom stereocenters. The van der Waals surface area contributed by atoms with Crippen LogP contribution in [0.2, 0.25) is 0 Å². The van der Waals surface area contributed by atoms with Gasteiger partial charge in [0.05, 0.1) is 19.3 Å². The number of ketones is 2. The maximum atomic E-state index is 14.0. The molecule has 176 valence electrons. The number of hydrogen-bond acceptors (Lipinski definition) is 4. The molecule has 33 heavy (non-hydrogen) atoms. The lowest BCUT2D eigenvalue weighted by molar-refractivity contribution is -0.271. The lowest BCUT2D eigenvalue weighted by Gasteiger charge is -2.54. The summed E-state index contributed by atoms with van der Waals surface area (Å²) in [7, 11) is 0. The van der Waals surface area contributed by atoms with E-state index in [0.29, 0.717) is 18.3 Å². The fourth-order valence-electron chi connectivity index (χ4n) is 8.89. The number of nitrogens with zero attached hydrogens (tertiary/aromatic N) is 1. The molecule has 4 aliphatic carbocycles. The Morgan fingerprint density at radius 2 is 1.94 bits per heavy atom. The Kier molecular flexibility index (Phi) is 4.54. The normalized spacial score (nSPS) is 52.9. The van der Waals surface area contributed by atoms with Crippen LogP contribution in [-0.2, 0) is 19.1 Å². The number of allylic oxidation sites excluding steroid dienone is 4. The first kappa shape index (κ1) is 21.7. The number of hydrogen-bond donors (Lipinski definition) is 0. The number of fused-ring (bicyclic) bond motifs is 7. The average Bonchev–Trinajstić information content (AvgIpc) is 3.23. The lowest BCUT2D eigenvalue weighted by atomic mass is 9.49. The highest BCUT2D eigenvalue weighted by molar-refractivity contribution is 6.00. The minimum Gasteiger partial charge on any atom is -0.349 e. The van der Waals surface area contributed by atoms with E-state index in [9.17, 15) is 9.59 Å². The van der Waals surface area contributed by atoms with Crippen molar-refractivity contribution >= 4 is 11.6 Å². The van der Waals surface area contributed by atoms with Crippen molar-refractivity contribution in [1.82, 2.24) is 0 Å². The molecule has 0 bridgehead atoms. The first-order valence-electron chi connectivity index (χ1n) is 12.9. The molecular weight excluding hydrogens is 414 g/mol. The van der Waals surface area contributed by atoms with Crippen molar-refractivity contribution in [3.05, 3.63) is 34.8 Å². The van der Waals surface area contributed by atoms with Crippen LogP contribution >= 0.6 is 0 Å². The Morgan fingerprint density at radius 3 is 2.64 bits per heavy atom. The third-order valence-electron chi connectivity index (χ3n) is 10.8. The molecule has 2 saturated carbocycles. The van der Waals surface area contributed by atoms with Gasteiger partial charge in [0.15, 0.2) is 17.4 Å². The molecular formula is C28H35NO4. The van der Waals surface area contributed by atoms with E-state index in [2.05, 4.69) is 32.5 Å². The van der Waals surface area contributed by atoms with E-state index in [-0.39, 0.29) is 52.5 Å². The van der Waals surface area contributed by atoms with Crippen LogP contribution in [-0.4, -0.2) is 30.1 Å². The Hall–Kier alpha value is -1.77. The molecule has 0 N–H and O–H groups in total. The van der Waals surface area contributed by atoms with Crippen LogP contribution in [0, 0.1) is 52.9 Å². The molecule has 5 heteroatoms. The van der Waals surface area contributed by atoms with Crippen molar-refractivity contribution in [2.45, 2.75) is 78.1 Å². The summed E-state index contributed by atoms with van der Waals surface area (Å²) in [5, 5.41) is 0. The number of carbonyl (C=O) groups excluding carboxylic acids is 2. The van der Waals surface area contributed by atoms with E-state index in [0.717, 1.165) is 38.7 Å². The fraction of sp³-hybridized carbons (Fsp3) is 0.750. The summed E-state index contributed by atoms with van der Waals surface area (Å²) in [6.45, 7) is 17.0. The largest absolute Gasteiger partial charge is 0.349 e. The summed E-state index contributed by atoms with van der Waals surface area (Å²) in [6.07, 6.45) is 9.24. The van der Waals surface area contributed by atoms with Gasteiger partial charge >= 0.3 is 0 Å². The zero-order valence-electron chi connectivity index (χ0n) is 20.2. The molecule has 0 radical (unpaired) electrons. The second-order valence-electron chi connectivity index (χ2n) is 12.3. The molecule has 2 saturated heterocycles. The van der Waals surface area contributed by atoms with Gasteiger partial charge in [-0.2, -0.15) is 0 Å². The number of ether oxygens (including phenoxy) is 2. The molecule has 10 atom stereocenters. The fourth-order valence-corrected chi connectivity index (χ4v) is 8.89. The zero-order valence-corrected chi connectivity index (χ0v) is 20.2. The van der Waals surface area contributed by atoms with Crippen LogP contribution < -0.4 is 0 Å². The zero-order chi connectivity index (χ0) is 23.3. The van der Waals surface area contributed by atoms with Crippen LogP contribution in [0.4, 0.5) is 0 Å². The third-order valence-corrected chi connectivity index (χ3v) is 10.8. The van der Waals surface area contributed by atoms with Gasteiger partial charge in [-0.1, -0.05) is 39.3 Å². The summed E-state index contributed by atoms with van der Waals surface area (Å²) in [6, 6.07) is 0. The molecule has 0 aromatic rings. The molecule has 0 amide bonds. The molecule has 1 spiro atoms. The second-order valence-corrected chi connectivity index (χ2v) is 12.3. The lowest BCUT2D eigenvalue weighted by Crippen LogP contribution is -2.53. The standard InChI is InChI=1S/C28H35NO4/c1-15-8-9-28(32-14-15)16(2)25-23(33-28)11-20-18-7-6-17-10-22(30)21(29-5)13-26(17,3)19(18)12-24(31)27(20,25)4/h12-13,15-18,20,23,25H,6-11,14H2,1-4H3/t15?,16-,17?,18?,20?,23?,25?,26-,27+,28+/m0/s1. The number of carbonyl (C=O) groups is 2. The van der Waals surface area contributed by atoms with E-state index < -0.39 is 11.2 Å². The molecule has 2 aliphatic heterocycles. The number of rotatable bonds is 0. The summed E-state index contributed by atoms with van der Waals surface area (Å²) in [5.41, 5.74) is 0.613. The molecule has 2 heterocycles. The molecule has 5 nitrogen and oxygen atoms in total.